The largest absolute Gasteiger partial charge is 0.496 e. The molecule has 1 aliphatic rings. The van der Waals surface area contributed by atoms with Crippen molar-refractivity contribution in [2.75, 3.05) is 27.2 Å². The van der Waals surface area contributed by atoms with E-state index in [1.165, 1.54) is 0 Å². The number of likely N-dealkylation sites (N-methyl/N-ethyl adjacent to an activating group) is 1. The predicted octanol–water partition coefficient (Wildman–Crippen LogP) is 2.52. The number of methoxy groups -OCH3 is 1. The van der Waals surface area contributed by atoms with Gasteiger partial charge in [0.05, 0.1) is 13.5 Å². The molecule has 1 heterocycles. The summed E-state index contributed by atoms with van der Waals surface area (Å²) in [5.41, 5.74) is 0.839. The molecule has 118 valence electrons. The Kier molecular flexibility index (Phi) is 7.29. The number of hydrogen-bond donors (Lipinski definition) is 1. The summed E-state index contributed by atoms with van der Waals surface area (Å²) in [7, 11) is 3.49. The lowest BCUT2D eigenvalue weighted by molar-refractivity contribution is -0.131. The van der Waals surface area contributed by atoms with Crippen LogP contribution in [0.25, 0.3) is 0 Å². The van der Waals surface area contributed by atoms with Gasteiger partial charge in [-0.2, -0.15) is 0 Å². The number of nitrogens with zero attached hydrogens (tertiary/aromatic N) is 1. The molecule has 0 aromatic heterocycles. The topological polar surface area (TPSA) is 41.6 Å². The fourth-order valence-electron chi connectivity index (χ4n) is 2.57. The van der Waals surface area contributed by atoms with Crippen molar-refractivity contribution < 1.29 is 9.53 Å². The molecule has 1 saturated heterocycles. The molecule has 0 aliphatic carbocycles. The first-order valence-electron chi connectivity index (χ1n) is 6.90. The van der Waals surface area contributed by atoms with E-state index in [-0.39, 0.29) is 18.3 Å². The third-order valence-electron chi connectivity index (χ3n) is 3.83. The van der Waals surface area contributed by atoms with E-state index in [0.29, 0.717) is 23.2 Å². The number of benzene rings is 1. The first kappa shape index (κ1) is 18.1. The number of hydrogen-bond acceptors (Lipinski definition) is 3. The summed E-state index contributed by atoms with van der Waals surface area (Å²) in [6.07, 6.45) is 2.34. The molecule has 1 N–H and O–H groups in total. The molecule has 4 nitrogen and oxygen atoms in total. The SMILES string of the molecule is COc1ccc(Cl)cc1CC(=O)N(C)C1CCNCC1.Cl. The summed E-state index contributed by atoms with van der Waals surface area (Å²) in [6, 6.07) is 5.70. The molecule has 1 aromatic rings. The summed E-state index contributed by atoms with van der Waals surface area (Å²) in [5.74, 6) is 0.818. The molecule has 0 bridgehead atoms. The number of halogens is 2. The second-order valence-corrected chi connectivity index (χ2v) is 5.56. The second kappa shape index (κ2) is 8.47. The Bertz CT molecular complexity index is 477. The molecule has 0 atom stereocenters. The van der Waals surface area contributed by atoms with Crippen LogP contribution in [0.2, 0.25) is 5.02 Å². The Labute approximate surface area is 137 Å². The Morgan fingerprint density at radius 1 is 1.43 bits per heavy atom. The molecule has 1 amide bonds. The zero-order valence-electron chi connectivity index (χ0n) is 12.4. The second-order valence-electron chi connectivity index (χ2n) is 5.12. The standard InChI is InChI=1S/C15H21ClN2O2.ClH/c1-18(13-5-7-17-8-6-13)15(19)10-11-9-12(16)3-4-14(11)20-2;/h3-4,9,13,17H,5-8,10H2,1-2H3;1H. The minimum absolute atomic E-state index is 0. The molecule has 1 aromatic carbocycles. The molecule has 1 aliphatic heterocycles. The number of ether oxygens (including phenoxy) is 1. The van der Waals surface area contributed by atoms with Gasteiger partial charge in [-0.25, -0.2) is 0 Å². The third kappa shape index (κ3) is 4.77. The highest BCUT2D eigenvalue weighted by Gasteiger charge is 2.22. The van der Waals surface area contributed by atoms with Gasteiger partial charge in [0, 0.05) is 23.7 Å². The number of carbonyl (C=O) groups excluding carboxylic acids is 1. The molecule has 2 rings (SSSR count). The first-order chi connectivity index (χ1) is 9.61. The minimum atomic E-state index is 0. The van der Waals surface area contributed by atoms with Crippen molar-refractivity contribution in [3.63, 3.8) is 0 Å². The highest BCUT2D eigenvalue weighted by Crippen LogP contribution is 2.24. The Morgan fingerprint density at radius 2 is 2.10 bits per heavy atom. The average molecular weight is 333 g/mol. The number of carbonyl (C=O) groups is 1. The number of nitrogens with one attached hydrogen (secondary N) is 1. The molecule has 21 heavy (non-hydrogen) atoms. The van der Waals surface area contributed by atoms with E-state index in [2.05, 4.69) is 5.32 Å². The van der Waals surface area contributed by atoms with Crippen LogP contribution in [-0.2, 0) is 11.2 Å². The maximum absolute atomic E-state index is 12.4. The van der Waals surface area contributed by atoms with Crippen LogP contribution in [0.15, 0.2) is 18.2 Å². The van der Waals surface area contributed by atoms with Crippen LogP contribution in [0.1, 0.15) is 18.4 Å². The van der Waals surface area contributed by atoms with Gasteiger partial charge in [-0.15, -0.1) is 12.4 Å². The van der Waals surface area contributed by atoms with E-state index in [1.54, 1.807) is 25.3 Å². The summed E-state index contributed by atoms with van der Waals surface area (Å²) in [6.45, 7) is 1.95. The van der Waals surface area contributed by atoms with Gasteiger partial charge >= 0.3 is 0 Å². The van der Waals surface area contributed by atoms with Crippen molar-refractivity contribution in [3.05, 3.63) is 28.8 Å². The van der Waals surface area contributed by atoms with Gasteiger partial charge in [0.15, 0.2) is 0 Å². The van der Waals surface area contributed by atoms with Crippen LogP contribution in [0.3, 0.4) is 0 Å². The minimum Gasteiger partial charge on any atom is -0.496 e. The van der Waals surface area contributed by atoms with Crippen LogP contribution in [0.4, 0.5) is 0 Å². The van der Waals surface area contributed by atoms with Crippen LogP contribution in [-0.4, -0.2) is 44.1 Å². The molecule has 6 heteroatoms. The van der Waals surface area contributed by atoms with Crippen LogP contribution < -0.4 is 10.1 Å². The van der Waals surface area contributed by atoms with Crippen molar-refractivity contribution in [1.29, 1.82) is 0 Å². The molecule has 0 saturated carbocycles. The van der Waals surface area contributed by atoms with Crippen LogP contribution in [0.5, 0.6) is 5.75 Å². The van der Waals surface area contributed by atoms with Gasteiger partial charge in [0.1, 0.15) is 5.75 Å². The van der Waals surface area contributed by atoms with Gasteiger partial charge in [-0.3, -0.25) is 4.79 Å². The summed E-state index contributed by atoms with van der Waals surface area (Å²) in [4.78, 5) is 14.3. The number of rotatable bonds is 4. The zero-order chi connectivity index (χ0) is 14.5. The van der Waals surface area contributed by atoms with Crippen LogP contribution >= 0.6 is 24.0 Å². The van der Waals surface area contributed by atoms with Gasteiger partial charge in [-0.1, -0.05) is 11.6 Å². The normalized spacial score (nSPS) is 15.2. The Hall–Kier alpha value is -0.970. The summed E-state index contributed by atoms with van der Waals surface area (Å²) < 4.78 is 5.29. The molecular formula is C15H22Cl2N2O2. The van der Waals surface area contributed by atoms with E-state index < -0.39 is 0 Å². The lowest BCUT2D eigenvalue weighted by Crippen LogP contribution is -2.44. The van der Waals surface area contributed by atoms with E-state index in [0.717, 1.165) is 31.5 Å². The lowest BCUT2D eigenvalue weighted by Gasteiger charge is -2.31. The smallest absolute Gasteiger partial charge is 0.227 e. The van der Waals surface area contributed by atoms with Gasteiger partial charge < -0.3 is 15.0 Å². The van der Waals surface area contributed by atoms with Crippen molar-refractivity contribution >= 4 is 29.9 Å². The average Bonchev–Trinajstić information content (AvgIpc) is 2.47. The Morgan fingerprint density at radius 3 is 2.71 bits per heavy atom. The van der Waals surface area contributed by atoms with Crippen molar-refractivity contribution in [1.82, 2.24) is 10.2 Å². The van der Waals surface area contributed by atoms with E-state index >= 15 is 0 Å². The van der Waals surface area contributed by atoms with E-state index in [4.69, 9.17) is 16.3 Å². The molecule has 0 unspecified atom stereocenters. The van der Waals surface area contributed by atoms with E-state index in [9.17, 15) is 4.79 Å². The molecule has 1 fully saturated rings. The third-order valence-corrected chi connectivity index (χ3v) is 4.07. The molecule has 0 radical (unpaired) electrons. The highest BCUT2D eigenvalue weighted by atomic mass is 35.5. The maximum Gasteiger partial charge on any atom is 0.227 e. The Balaban J connectivity index is 0.00000220. The predicted molar refractivity (Wildman–Crippen MR) is 87.6 cm³/mol. The van der Waals surface area contributed by atoms with Gasteiger partial charge in [0.25, 0.3) is 0 Å². The quantitative estimate of drug-likeness (QED) is 0.921. The summed E-state index contributed by atoms with van der Waals surface area (Å²) in [5, 5.41) is 3.93. The molecular weight excluding hydrogens is 311 g/mol. The summed E-state index contributed by atoms with van der Waals surface area (Å²) >= 11 is 6.00. The number of piperidine rings is 1. The van der Waals surface area contributed by atoms with Gasteiger partial charge in [-0.05, 0) is 44.1 Å². The highest BCUT2D eigenvalue weighted by molar-refractivity contribution is 6.30. The lowest BCUT2D eigenvalue weighted by atomic mass is 10.0. The van der Waals surface area contributed by atoms with Crippen LogP contribution in [0, 0.1) is 0 Å². The fraction of sp³-hybridized carbons (Fsp3) is 0.533. The maximum atomic E-state index is 12.4. The van der Waals surface area contributed by atoms with Crippen molar-refractivity contribution in [2.24, 2.45) is 0 Å². The molecule has 0 spiro atoms. The monoisotopic (exact) mass is 332 g/mol. The van der Waals surface area contributed by atoms with Gasteiger partial charge in [0.2, 0.25) is 5.91 Å². The zero-order valence-corrected chi connectivity index (χ0v) is 14.0. The van der Waals surface area contributed by atoms with Crippen molar-refractivity contribution in [2.45, 2.75) is 25.3 Å². The number of amides is 1. The fourth-order valence-corrected chi connectivity index (χ4v) is 2.77. The van der Waals surface area contributed by atoms with E-state index in [1.807, 2.05) is 11.9 Å². The first-order valence-corrected chi connectivity index (χ1v) is 7.28. The van der Waals surface area contributed by atoms with Crippen molar-refractivity contribution in [3.8, 4) is 5.75 Å².